The Labute approximate surface area is 110 Å². The van der Waals surface area contributed by atoms with Crippen molar-refractivity contribution >= 4 is 17.6 Å². The molecule has 1 aromatic carbocycles. The summed E-state index contributed by atoms with van der Waals surface area (Å²) in [7, 11) is 0. The molecule has 1 rings (SSSR count). The van der Waals surface area contributed by atoms with E-state index < -0.39 is 11.7 Å². The van der Waals surface area contributed by atoms with Gasteiger partial charge < -0.3 is 21.2 Å². The van der Waals surface area contributed by atoms with Gasteiger partial charge >= 0.3 is 6.03 Å². The predicted octanol–water partition coefficient (Wildman–Crippen LogP) is 1.79. The van der Waals surface area contributed by atoms with Crippen LogP contribution in [0.1, 0.15) is 19.4 Å². The minimum Gasteiger partial charge on any atom is -0.409 e. The molecule has 0 saturated carbocycles. The first-order valence-corrected chi connectivity index (χ1v) is 5.87. The smallest absolute Gasteiger partial charge is 0.321 e. The molecule has 0 radical (unpaired) electrons. The van der Waals surface area contributed by atoms with Crippen molar-refractivity contribution in [2.24, 2.45) is 10.9 Å². The lowest BCUT2D eigenvalue weighted by molar-refractivity contribution is 0.217. The summed E-state index contributed by atoms with van der Waals surface area (Å²) >= 11 is 0. The summed E-state index contributed by atoms with van der Waals surface area (Å²) < 4.78 is 13.7. The van der Waals surface area contributed by atoms with Crippen LogP contribution in [-0.2, 0) is 0 Å². The number of amidine groups is 1. The fraction of sp³-hybridized carbons (Fsp3) is 0.333. The number of carbonyl (C=O) groups excluding carboxylic acids is 1. The Morgan fingerprint density at radius 2 is 2.11 bits per heavy atom. The summed E-state index contributed by atoms with van der Waals surface area (Å²) in [5.74, 6) is -1.07. The molecule has 0 aliphatic rings. The van der Waals surface area contributed by atoms with Crippen LogP contribution in [0.15, 0.2) is 23.4 Å². The Kier molecular flexibility index (Phi) is 5.11. The van der Waals surface area contributed by atoms with Gasteiger partial charge in [0.1, 0.15) is 5.82 Å². The third-order valence-electron chi connectivity index (χ3n) is 2.67. The number of nitrogens with two attached hydrogens (primary N) is 1. The van der Waals surface area contributed by atoms with Gasteiger partial charge in [0.25, 0.3) is 0 Å². The summed E-state index contributed by atoms with van der Waals surface area (Å²) in [6, 6.07) is 3.71. The molecule has 0 heterocycles. The highest BCUT2D eigenvalue weighted by atomic mass is 19.1. The predicted molar refractivity (Wildman–Crippen MR) is 70.9 cm³/mol. The average Bonchev–Trinajstić information content (AvgIpc) is 2.39. The van der Waals surface area contributed by atoms with Gasteiger partial charge in [-0.3, -0.25) is 0 Å². The highest BCUT2D eigenvalue weighted by molar-refractivity contribution is 6.05. The van der Waals surface area contributed by atoms with Gasteiger partial charge in [-0.05, 0) is 26.0 Å². The highest BCUT2D eigenvalue weighted by Gasteiger charge is 2.16. The van der Waals surface area contributed by atoms with Gasteiger partial charge in [0.05, 0.1) is 11.3 Å². The topological polar surface area (TPSA) is 91.0 Å². The van der Waals surface area contributed by atoms with Crippen molar-refractivity contribution in [3.8, 4) is 0 Å². The number of benzene rings is 1. The van der Waals surface area contributed by atoms with Gasteiger partial charge in [-0.25, -0.2) is 9.18 Å². The summed E-state index contributed by atoms with van der Waals surface area (Å²) in [5, 5.41) is 14.0. The zero-order chi connectivity index (χ0) is 14.4. The van der Waals surface area contributed by atoms with Crippen molar-refractivity contribution in [1.82, 2.24) is 4.90 Å². The van der Waals surface area contributed by atoms with Crippen LogP contribution in [0, 0.1) is 5.82 Å². The maximum Gasteiger partial charge on any atom is 0.321 e. The third kappa shape index (κ3) is 3.34. The third-order valence-corrected chi connectivity index (χ3v) is 2.67. The molecule has 2 amide bonds. The maximum atomic E-state index is 13.7. The van der Waals surface area contributed by atoms with Crippen molar-refractivity contribution in [1.29, 1.82) is 0 Å². The molecule has 7 heteroatoms. The second-order valence-electron chi connectivity index (χ2n) is 3.75. The molecular formula is C12H17FN4O2. The molecule has 104 valence electrons. The van der Waals surface area contributed by atoms with Crippen LogP contribution in [0.5, 0.6) is 0 Å². The van der Waals surface area contributed by atoms with Crippen molar-refractivity contribution in [2.75, 3.05) is 18.4 Å². The first-order valence-electron chi connectivity index (χ1n) is 5.87. The minimum absolute atomic E-state index is 0.134. The second-order valence-corrected chi connectivity index (χ2v) is 3.75. The van der Waals surface area contributed by atoms with E-state index in [1.54, 1.807) is 0 Å². The van der Waals surface area contributed by atoms with Crippen LogP contribution >= 0.6 is 0 Å². The Balaban J connectivity index is 3.08. The molecule has 4 N–H and O–H groups in total. The molecular weight excluding hydrogens is 251 g/mol. The lowest BCUT2D eigenvalue weighted by atomic mass is 10.1. The Morgan fingerprint density at radius 3 is 2.63 bits per heavy atom. The van der Waals surface area contributed by atoms with Crippen molar-refractivity contribution in [3.63, 3.8) is 0 Å². The van der Waals surface area contributed by atoms with E-state index in [4.69, 9.17) is 10.9 Å². The van der Waals surface area contributed by atoms with E-state index in [-0.39, 0.29) is 17.3 Å². The van der Waals surface area contributed by atoms with Crippen molar-refractivity contribution in [3.05, 3.63) is 29.6 Å². The zero-order valence-electron chi connectivity index (χ0n) is 10.9. The number of halogens is 1. The SMILES string of the molecule is CCN(CC)C(=O)Nc1cccc(F)c1C(N)=NO. The standard InChI is InChI=1S/C12H17FN4O2/c1-3-17(4-2)12(18)15-9-7-5-6-8(13)10(9)11(14)16-19/h5-7,19H,3-4H2,1-2H3,(H2,14,16)(H,15,18). The lowest BCUT2D eigenvalue weighted by Gasteiger charge is -2.20. The van der Waals surface area contributed by atoms with Crippen molar-refractivity contribution < 1.29 is 14.4 Å². The van der Waals surface area contributed by atoms with Crippen LogP contribution in [-0.4, -0.2) is 35.1 Å². The molecule has 0 fully saturated rings. The average molecular weight is 268 g/mol. The van der Waals surface area contributed by atoms with Crippen LogP contribution in [0.25, 0.3) is 0 Å². The highest BCUT2D eigenvalue weighted by Crippen LogP contribution is 2.19. The first-order chi connectivity index (χ1) is 9.04. The molecule has 0 aliphatic heterocycles. The second kappa shape index (κ2) is 6.58. The van der Waals surface area contributed by atoms with Crippen LogP contribution in [0.4, 0.5) is 14.9 Å². The number of hydrogen-bond donors (Lipinski definition) is 3. The molecule has 0 bridgehead atoms. The molecule has 0 spiro atoms. The zero-order valence-corrected chi connectivity index (χ0v) is 10.9. The summed E-state index contributed by atoms with van der Waals surface area (Å²) in [5.41, 5.74) is 5.43. The van der Waals surface area contributed by atoms with E-state index in [0.717, 1.165) is 0 Å². The number of hydrogen-bond acceptors (Lipinski definition) is 3. The molecule has 0 saturated heterocycles. The fourth-order valence-electron chi connectivity index (χ4n) is 1.64. The monoisotopic (exact) mass is 268 g/mol. The quantitative estimate of drug-likeness (QED) is 0.336. The van der Waals surface area contributed by atoms with Gasteiger partial charge in [0.15, 0.2) is 5.84 Å². The molecule has 0 atom stereocenters. The molecule has 0 aliphatic carbocycles. The summed E-state index contributed by atoms with van der Waals surface area (Å²) in [4.78, 5) is 13.4. The van der Waals surface area contributed by atoms with E-state index >= 15 is 0 Å². The van der Waals surface area contributed by atoms with Gasteiger partial charge in [-0.2, -0.15) is 0 Å². The van der Waals surface area contributed by atoms with E-state index in [1.807, 2.05) is 13.8 Å². The number of rotatable bonds is 4. The largest absolute Gasteiger partial charge is 0.409 e. The normalized spacial score (nSPS) is 11.2. The van der Waals surface area contributed by atoms with Gasteiger partial charge in [0, 0.05) is 13.1 Å². The molecule has 6 nitrogen and oxygen atoms in total. The Morgan fingerprint density at radius 1 is 1.47 bits per heavy atom. The maximum absolute atomic E-state index is 13.7. The fourth-order valence-corrected chi connectivity index (χ4v) is 1.64. The van der Waals surface area contributed by atoms with E-state index in [0.29, 0.717) is 13.1 Å². The molecule has 1 aromatic rings. The van der Waals surface area contributed by atoms with Crippen LogP contribution < -0.4 is 11.1 Å². The number of nitrogens with one attached hydrogen (secondary N) is 1. The van der Waals surface area contributed by atoms with Gasteiger partial charge in [-0.15, -0.1) is 0 Å². The number of anilines is 1. The molecule has 0 unspecified atom stereocenters. The number of nitrogens with zero attached hydrogens (tertiary/aromatic N) is 2. The van der Waals surface area contributed by atoms with E-state index in [1.165, 1.54) is 23.1 Å². The van der Waals surface area contributed by atoms with E-state index in [2.05, 4.69) is 10.5 Å². The first kappa shape index (κ1) is 14.7. The molecule has 0 aromatic heterocycles. The summed E-state index contributed by atoms with van der Waals surface area (Å²) in [6.07, 6.45) is 0. The van der Waals surface area contributed by atoms with Crippen LogP contribution in [0.3, 0.4) is 0 Å². The van der Waals surface area contributed by atoms with Crippen molar-refractivity contribution in [2.45, 2.75) is 13.8 Å². The van der Waals surface area contributed by atoms with Gasteiger partial charge in [0.2, 0.25) is 0 Å². The van der Waals surface area contributed by atoms with E-state index in [9.17, 15) is 9.18 Å². The Hall–Kier alpha value is -2.31. The molecule has 19 heavy (non-hydrogen) atoms. The summed E-state index contributed by atoms with van der Waals surface area (Å²) in [6.45, 7) is 4.71. The number of oxime groups is 1. The van der Waals surface area contributed by atoms with Crippen LogP contribution in [0.2, 0.25) is 0 Å². The number of amides is 2. The minimum atomic E-state index is -0.673. The lowest BCUT2D eigenvalue weighted by Crippen LogP contribution is -2.35. The Bertz CT molecular complexity index is 487. The van der Waals surface area contributed by atoms with Gasteiger partial charge in [-0.1, -0.05) is 11.2 Å². The number of carbonyl (C=O) groups is 1. The number of urea groups is 1.